The van der Waals surface area contributed by atoms with Gasteiger partial charge in [-0.2, -0.15) is 0 Å². The van der Waals surface area contributed by atoms with Crippen LogP contribution in [0.25, 0.3) is 0 Å². The van der Waals surface area contributed by atoms with Crippen LogP contribution < -0.4 is 0 Å². The predicted molar refractivity (Wildman–Crippen MR) is 63.3 cm³/mol. The minimum absolute atomic E-state index is 0.0478. The number of benzene rings is 1. The van der Waals surface area contributed by atoms with E-state index in [9.17, 15) is 4.79 Å². The van der Waals surface area contributed by atoms with Gasteiger partial charge >= 0.3 is 0 Å². The van der Waals surface area contributed by atoms with E-state index < -0.39 is 0 Å². The van der Waals surface area contributed by atoms with Gasteiger partial charge in [-0.05, 0) is 12.0 Å². The Morgan fingerprint density at radius 1 is 1.44 bits per heavy atom. The van der Waals surface area contributed by atoms with Crippen molar-refractivity contribution in [1.82, 2.24) is 0 Å². The monoisotopic (exact) mass is 216 g/mol. The fourth-order valence-electron chi connectivity index (χ4n) is 1.97. The first-order valence-electron chi connectivity index (χ1n) is 5.59. The van der Waals surface area contributed by atoms with E-state index in [4.69, 9.17) is 4.74 Å². The maximum atomic E-state index is 11.1. The number of ether oxygens (including phenoxy) is 1. The first-order chi connectivity index (χ1) is 7.85. The molecule has 3 unspecified atom stereocenters. The van der Waals surface area contributed by atoms with Crippen molar-refractivity contribution in [1.29, 1.82) is 0 Å². The van der Waals surface area contributed by atoms with Crippen LogP contribution in [0.4, 0.5) is 0 Å². The summed E-state index contributed by atoms with van der Waals surface area (Å²) in [5, 5.41) is 0. The SMILES string of the molecule is C=CC(CC(C=O)c1ccccc1)C1CO1. The average molecular weight is 216 g/mol. The van der Waals surface area contributed by atoms with Crippen LogP contribution in [0.2, 0.25) is 0 Å². The second-order valence-electron chi connectivity index (χ2n) is 4.16. The molecule has 1 aliphatic rings. The zero-order valence-electron chi connectivity index (χ0n) is 9.21. The molecule has 0 aromatic heterocycles. The van der Waals surface area contributed by atoms with E-state index in [2.05, 4.69) is 6.58 Å². The third-order valence-electron chi connectivity index (χ3n) is 3.06. The highest BCUT2D eigenvalue weighted by Gasteiger charge is 2.32. The van der Waals surface area contributed by atoms with Crippen molar-refractivity contribution in [3.63, 3.8) is 0 Å². The maximum Gasteiger partial charge on any atom is 0.127 e. The Kier molecular flexibility index (Phi) is 3.52. The standard InChI is InChI=1S/C14H16O2/c1-2-11(14-10-16-14)8-13(9-15)12-6-4-3-5-7-12/h2-7,9,11,13-14H,1,8,10H2. The Labute approximate surface area is 95.9 Å². The van der Waals surface area contributed by atoms with E-state index in [0.717, 1.165) is 24.9 Å². The van der Waals surface area contributed by atoms with Gasteiger partial charge in [-0.3, -0.25) is 0 Å². The molecule has 0 saturated carbocycles. The molecule has 1 aromatic carbocycles. The van der Waals surface area contributed by atoms with Crippen LogP contribution in [0, 0.1) is 5.92 Å². The van der Waals surface area contributed by atoms with Gasteiger partial charge in [-0.15, -0.1) is 6.58 Å². The Bertz CT molecular complexity index is 354. The summed E-state index contributed by atoms with van der Waals surface area (Å²) in [6.07, 6.45) is 4.00. The minimum atomic E-state index is -0.0478. The van der Waals surface area contributed by atoms with Crippen LogP contribution >= 0.6 is 0 Å². The number of carbonyl (C=O) groups is 1. The van der Waals surface area contributed by atoms with E-state index in [1.165, 1.54) is 0 Å². The molecule has 0 radical (unpaired) electrons. The highest BCUT2D eigenvalue weighted by Crippen LogP contribution is 2.30. The van der Waals surface area contributed by atoms with Crippen molar-refractivity contribution in [2.24, 2.45) is 5.92 Å². The molecule has 2 nitrogen and oxygen atoms in total. The molecule has 3 atom stereocenters. The maximum absolute atomic E-state index is 11.1. The van der Waals surface area contributed by atoms with Gasteiger partial charge in [0.2, 0.25) is 0 Å². The molecule has 0 bridgehead atoms. The van der Waals surface area contributed by atoms with Gasteiger partial charge in [0.15, 0.2) is 0 Å². The Balaban J connectivity index is 2.05. The summed E-state index contributed by atoms with van der Waals surface area (Å²) in [6, 6.07) is 9.87. The highest BCUT2D eigenvalue weighted by atomic mass is 16.6. The summed E-state index contributed by atoms with van der Waals surface area (Å²) in [5.74, 6) is 0.240. The molecule has 0 aliphatic carbocycles. The smallest absolute Gasteiger partial charge is 0.127 e. The highest BCUT2D eigenvalue weighted by molar-refractivity contribution is 5.62. The van der Waals surface area contributed by atoms with Crippen LogP contribution in [0.3, 0.4) is 0 Å². The fraction of sp³-hybridized carbons (Fsp3) is 0.357. The predicted octanol–water partition coefficient (Wildman–Crippen LogP) is 2.56. The van der Waals surface area contributed by atoms with Crippen molar-refractivity contribution in [3.05, 3.63) is 48.6 Å². The number of hydrogen-bond donors (Lipinski definition) is 0. The molecule has 1 aliphatic heterocycles. The first-order valence-corrected chi connectivity index (χ1v) is 5.59. The molecule has 84 valence electrons. The largest absolute Gasteiger partial charge is 0.372 e. The van der Waals surface area contributed by atoms with Gasteiger partial charge in [0.05, 0.1) is 12.7 Å². The first kappa shape index (κ1) is 11.1. The van der Waals surface area contributed by atoms with Crippen LogP contribution in [0.1, 0.15) is 17.9 Å². The van der Waals surface area contributed by atoms with E-state index in [1.54, 1.807) is 0 Å². The molecule has 0 N–H and O–H groups in total. The van der Waals surface area contributed by atoms with Crippen molar-refractivity contribution in [3.8, 4) is 0 Å². The van der Waals surface area contributed by atoms with Gasteiger partial charge in [-0.1, -0.05) is 36.4 Å². The van der Waals surface area contributed by atoms with E-state index in [1.807, 2.05) is 36.4 Å². The van der Waals surface area contributed by atoms with Gasteiger partial charge < -0.3 is 9.53 Å². The third kappa shape index (κ3) is 2.58. The molecule has 0 spiro atoms. The lowest BCUT2D eigenvalue weighted by molar-refractivity contribution is -0.109. The summed E-state index contributed by atoms with van der Waals surface area (Å²) in [5.41, 5.74) is 1.07. The molecule has 1 heterocycles. The molecule has 16 heavy (non-hydrogen) atoms. The summed E-state index contributed by atoms with van der Waals surface area (Å²) in [6.45, 7) is 4.61. The lowest BCUT2D eigenvalue weighted by Gasteiger charge is -2.15. The van der Waals surface area contributed by atoms with Crippen LogP contribution in [-0.4, -0.2) is 19.0 Å². The Morgan fingerprint density at radius 2 is 2.12 bits per heavy atom. The molecular weight excluding hydrogens is 200 g/mol. The number of hydrogen-bond acceptors (Lipinski definition) is 2. The van der Waals surface area contributed by atoms with Crippen LogP contribution in [-0.2, 0) is 9.53 Å². The van der Waals surface area contributed by atoms with Crippen molar-refractivity contribution in [2.45, 2.75) is 18.4 Å². The lowest BCUT2D eigenvalue weighted by Crippen LogP contribution is -2.12. The lowest BCUT2D eigenvalue weighted by atomic mass is 9.88. The number of aldehydes is 1. The number of rotatable bonds is 6. The normalized spacial score (nSPS) is 22.1. The number of carbonyl (C=O) groups excluding carboxylic acids is 1. The minimum Gasteiger partial charge on any atom is -0.372 e. The Morgan fingerprint density at radius 3 is 2.62 bits per heavy atom. The molecule has 1 saturated heterocycles. The number of epoxide rings is 1. The Hall–Kier alpha value is -1.41. The van der Waals surface area contributed by atoms with E-state index in [-0.39, 0.29) is 17.9 Å². The molecule has 0 amide bonds. The molecular formula is C14H16O2. The average Bonchev–Trinajstić information content (AvgIpc) is 3.16. The van der Waals surface area contributed by atoms with Crippen molar-refractivity contribution >= 4 is 6.29 Å². The molecule has 1 fully saturated rings. The molecule has 1 aromatic rings. The topological polar surface area (TPSA) is 29.6 Å². The van der Waals surface area contributed by atoms with Crippen molar-refractivity contribution in [2.75, 3.05) is 6.61 Å². The third-order valence-corrected chi connectivity index (χ3v) is 3.06. The zero-order chi connectivity index (χ0) is 11.4. The van der Waals surface area contributed by atoms with Gasteiger partial charge in [0, 0.05) is 11.8 Å². The summed E-state index contributed by atoms with van der Waals surface area (Å²) in [4.78, 5) is 11.1. The molecule has 2 heteroatoms. The summed E-state index contributed by atoms with van der Waals surface area (Å²) in [7, 11) is 0. The van der Waals surface area contributed by atoms with Crippen molar-refractivity contribution < 1.29 is 9.53 Å². The van der Waals surface area contributed by atoms with Gasteiger partial charge in [0.1, 0.15) is 6.29 Å². The fourth-order valence-corrected chi connectivity index (χ4v) is 1.97. The quantitative estimate of drug-likeness (QED) is 0.415. The van der Waals surface area contributed by atoms with Crippen LogP contribution in [0.15, 0.2) is 43.0 Å². The second kappa shape index (κ2) is 5.08. The van der Waals surface area contributed by atoms with Gasteiger partial charge in [-0.25, -0.2) is 0 Å². The molecule has 2 rings (SSSR count). The zero-order valence-corrected chi connectivity index (χ0v) is 9.21. The van der Waals surface area contributed by atoms with Gasteiger partial charge in [0.25, 0.3) is 0 Å². The van der Waals surface area contributed by atoms with E-state index >= 15 is 0 Å². The van der Waals surface area contributed by atoms with Crippen LogP contribution in [0.5, 0.6) is 0 Å². The summed E-state index contributed by atoms with van der Waals surface area (Å²) < 4.78 is 5.26. The second-order valence-corrected chi connectivity index (χ2v) is 4.16. The summed E-state index contributed by atoms with van der Waals surface area (Å²) >= 11 is 0. The van der Waals surface area contributed by atoms with E-state index in [0.29, 0.717) is 0 Å².